The zero-order valence-electron chi connectivity index (χ0n) is 17.6. The van der Waals surface area contributed by atoms with Gasteiger partial charge in [-0.1, -0.05) is 12.1 Å². The lowest BCUT2D eigenvalue weighted by Gasteiger charge is -2.21. The third-order valence-corrected chi connectivity index (χ3v) is 5.98. The summed E-state index contributed by atoms with van der Waals surface area (Å²) in [5.74, 6) is -0.398. The summed E-state index contributed by atoms with van der Waals surface area (Å²) in [5, 5.41) is 16.5. The normalized spacial score (nSPS) is 23.1. The third-order valence-electron chi connectivity index (χ3n) is 5.98. The molecule has 1 aromatic heterocycles. The molecule has 0 aliphatic carbocycles. The number of benzene rings is 1. The minimum Gasteiger partial charge on any atom is -0.465 e. The van der Waals surface area contributed by atoms with E-state index in [2.05, 4.69) is 15.2 Å². The van der Waals surface area contributed by atoms with Crippen molar-refractivity contribution in [3.63, 3.8) is 0 Å². The van der Waals surface area contributed by atoms with E-state index in [1.807, 2.05) is 0 Å². The van der Waals surface area contributed by atoms with Crippen LogP contribution in [0, 0.1) is 0 Å². The highest BCUT2D eigenvalue weighted by molar-refractivity contribution is 5.75. The monoisotopic (exact) mass is 467 g/mol. The number of urea groups is 1. The number of aromatic nitrogens is 2. The van der Waals surface area contributed by atoms with E-state index in [-0.39, 0.29) is 36.3 Å². The van der Waals surface area contributed by atoms with E-state index in [1.54, 1.807) is 34.1 Å². The molecule has 4 rings (SSSR count). The van der Waals surface area contributed by atoms with E-state index in [4.69, 9.17) is 0 Å². The van der Waals surface area contributed by atoms with Gasteiger partial charge in [-0.2, -0.15) is 5.10 Å². The lowest BCUT2D eigenvalue weighted by molar-refractivity contribution is -0.274. The molecule has 178 valence electrons. The van der Waals surface area contributed by atoms with E-state index >= 15 is 0 Å². The van der Waals surface area contributed by atoms with Crippen molar-refractivity contribution in [3.05, 3.63) is 48.3 Å². The fourth-order valence-corrected chi connectivity index (χ4v) is 4.50. The van der Waals surface area contributed by atoms with E-state index in [1.165, 1.54) is 23.1 Å². The van der Waals surface area contributed by atoms with Gasteiger partial charge in [-0.3, -0.25) is 4.68 Å². The molecule has 0 radical (unpaired) electrons. The molecular weight excluding hydrogens is 443 g/mol. The van der Waals surface area contributed by atoms with Gasteiger partial charge in [-0.25, -0.2) is 9.59 Å². The fraction of sp³-hybridized carbons (Fsp3) is 0.476. The molecule has 2 aliphatic heterocycles. The number of carboxylic acid groups (broad SMARTS) is 1. The molecular formula is C21H24F3N5O4. The molecule has 2 aliphatic rings. The van der Waals surface area contributed by atoms with Crippen LogP contribution in [0.2, 0.25) is 0 Å². The van der Waals surface area contributed by atoms with E-state index in [9.17, 15) is 27.9 Å². The third kappa shape index (κ3) is 5.68. The van der Waals surface area contributed by atoms with Crippen LogP contribution < -0.4 is 10.1 Å². The van der Waals surface area contributed by atoms with Crippen LogP contribution in [0.3, 0.4) is 0 Å². The molecule has 33 heavy (non-hydrogen) atoms. The van der Waals surface area contributed by atoms with Crippen LogP contribution in [0.15, 0.2) is 42.7 Å². The summed E-state index contributed by atoms with van der Waals surface area (Å²) in [7, 11) is 0. The Morgan fingerprint density at radius 2 is 2.06 bits per heavy atom. The minimum atomic E-state index is -4.76. The lowest BCUT2D eigenvalue weighted by atomic mass is 9.98. The number of hydrogen-bond donors (Lipinski definition) is 2. The maximum absolute atomic E-state index is 12.8. The molecule has 3 atom stereocenters. The van der Waals surface area contributed by atoms with Crippen molar-refractivity contribution in [2.45, 2.75) is 43.8 Å². The van der Waals surface area contributed by atoms with Gasteiger partial charge in [0.1, 0.15) is 5.75 Å². The number of nitrogens with zero attached hydrogens (tertiary/aromatic N) is 4. The highest BCUT2D eigenvalue weighted by atomic mass is 19.4. The van der Waals surface area contributed by atoms with E-state index < -0.39 is 12.5 Å². The number of carbonyl (C=O) groups is 2. The van der Waals surface area contributed by atoms with Gasteiger partial charge >= 0.3 is 18.5 Å². The number of halogens is 3. The number of rotatable bonds is 5. The van der Waals surface area contributed by atoms with Crippen molar-refractivity contribution in [2.24, 2.45) is 0 Å². The predicted octanol–water partition coefficient (Wildman–Crippen LogP) is 3.10. The topological polar surface area (TPSA) is 99.9 Å². The van der Waals surface area contributed by atoms with Gasteiger partial charge in [-0.15, -0.1) is 13.2 Å². The number of hydrogen-bond acceptors (Lipinski definition) is 4. The molecule has 9 nitrogen and oxygen atoms in total. The quantitative estimate of drug-likeness (QED) is 0.704. The molecule has 2 aromatic rings. The molecule has 0 bridgehead atoms. The summed E-state index contributed by atoms with van der Waals surface area (Å²) in [6.07, 6.45) is -1.37. The SMILES string of the molecule is O=C(NC1C[C@H](Cn2cccn2)N(C(=O)O)C1)N1CCC(c2cccc(OC(F)(F)F)c2)C1. The Balaban J connectivity index is 1.33. The van der Waals surface area contributed by atoms with Crippen LogP contribution in [-0.4, -0.2) is 74.9 Å². The number of carbonyl (C=O) groups excluding carboxylic acids is 1. The largest absolute Gasteiger partial charge is 0.573 e. The summed E-state index contributed by atoms with van der Waals surface area (Å²) in [6.45, 7) is 1.38. The number of ether oxygens (including phenoxy) is 1. The average molecular weight is 467 g/mol. The molecule has 12 heteroatoms. The minimum absolute atomic E-state index is 0.112. The summed E-state index contributed by atoms with van der Waals surface area (Å²) >= 11 is 0. The molecule has 0 saturated carbocycles. The first kappa shape index (κ1) is 22.7. The van der Waals surface area contributed by atoms with Gasteiger partial charge in [0, 0.05) is 37.9 Å². The highest BCUT2D eigenvalue weighted by Crippen LogP contribution is 2.31. The maximum Gasteiger partial charge on any atom is 0.573 e. The number of nitrogens with one attached hydrogen (secondary N) is 1. The molecule has 2 unspecified atom stereocenters. The highest BCUT2D eigenvalue weighted by Gasteiger charge is 2.38. The maximum atomic E-state index is 12.8. The molecule has 0 spiro atoms. The van der Waals surface area contributed by atoms with Crippen LogP contribution in [0.4, 0.5) is 22.8 Å². The van der Waals surface area contributed by atoms with E-state index in [0.29, 0.717) is 38.0 Å². The zero-order chi connectivity index (χ0) is 23.6. The van der Waals surface area contributed by atoms with Crippen LogP contribution in [0.25, 0.3) is 0 Å². The lowest BCUT2D eigenvalue weighted by Crippen LogP contribution is -2.45. The molecule has 2 fully saturated rings. The number of likely N-dealkylation sites (tertiary alicyclic amines) is 2. The van der Waals surface area contributed by atoms with E-state index in [0.717, 1.165) is 0 Å². The van der Waals surface area contributed by atoms with Gasteiger partial charge in [0.2, 0.25) is 0 Å². The van der Waals surface area contributed by atoms with Crippen molar-refractivity contribution in [2.75, 3.05) is 19.6 Å². The fourth-order valence-electron chi connectivity index (χ4n) is 4.50. The Morgan fingerprint density at radius 3 is 2.76 bits per heavy atom. The van der Waals surface area contributed by atoms with Gasteiger partial charge in [-0.05, 0) is 36.6 Å². The Hall–Kier alpha value is -3.44. The van der Waals surface area contributed by atoms with Gasteiger partial charge in [0.05, 0.1) is 18.6 Å². The van der Waals surface area contributed by atoms with Crippen molar-refractivity contribution in [3.8, 4) is 5.75 Å². The van der Waals surface area contributed by atoms with Crippen molar-refractivity contribution in [1.29, 1.82) is 0 Å². The first-order valence-corrected chi connectivity index (χ1v) is 10.6. The zero-order valence-corrected chi connectivity index (χ0v) is 17.6. The second-order valence-corrected chi connectivity index (χ2v) is 8.25. The molecule has 2 N–H and O–H groups in total. The number of amides is 3. The van der Waals surface area contributed by atoms with Crippen LogP contribution in [-0.2, 0) is 6.54 Å². The standard InChI is InChI=1S/C21H24F3N5O4/c22-21(23,24)33-18-4-1-3-14(9-18)15-5-8-27(11-15)19(30)26-16-10-17(29(12-16)20(31)32)13-28-7-2-6-25-28/h1-4,6-7,9,15-17H,5,8,10-13H2,(H,26,30)(H,31,32)/t15?,16?,17-/m1/s1. The smallest absolute Gasteiger partial charge is 0.465 e. The predicted molar refractivity (Wildman–Crippen MR) is 110 cm³/mol. The summed E-state index contributed by atoms with van der Waals surface area (Å²) < 4.78 is 43.1. The first-order valence-electron chi connectivity index (χ1n) is 10.6. The summed E-state index contributed by atoms with van der Waals surface area (Å²) in [6, 6.07) is 6.61. The van der Waals surface area contributed by atoms with Crippen LogP contribution in [0.1, 0.15) is 24.3 Å². The van der Waals surface area contributed by atoms with Crippen LogP contribution >= 0.6 is 0 Å². The Bertz CT molecular complexity index is 985. The first-order chi connectivity index (χ1) is 15.7. The number of alkyl halides is 3. The van der Waals surface area contributed by atoms with Crippen molar-refractivity contribution < 1.29 is 32.6 Å². The average Bonchev–Trinajstić information content (AvgIpc) is 3.48. The van der Waals surface area contributed by atoms with Gasteiger partial charge in [0.25, 0.3) is 0 Å². The molecule has 2 saturated heterocycles. The summed E-state index contributed by atoms with van der Waals surface area (Å²) in [4.78, 5) is 27.3. The second kappa shape index (κ2) is 9.20. The Morgan fingerprint density at radius 1 is 1.24 bits per heavy atom. The van der Waals surface area contributed by atoms with Gasteiger partial charge in [0.15, 0.2) is 0 Å². The van der Waals surface area contributed by atoms with Gasteiger partial charge < -0.3 is 25.0 Å². The second-order valence-electron chi connectivity index (χ2n) is 8.25. The summed E-state index contributed by atoms with van der Waals surface area (Å²) in [5.41, 5.74) is 0.671. The molecule has 3 heterocycles. The van der Waals surface area contributed by atoms with Crippen molar-refractivity contribution in [1.82, 2.24) is 24.9 Å². The molecule has 3 amide bonds. The van der Waals surface area contributed by atoms with Crippen LogP contribution in [0.5, 0.6) is 5.75 Å². The van der Waals surface area contributed by atoms with Crippen molar-refractivity contribution >= 4 is 12.1 Å². The Kier molecular flexibility index (Phi) is 6.34. The molecule has 1 aromatic carbocycles. The Labute approximate surface area is 187 Å².